The molecule has 0 aliphatic heterocycles. The van der Waals surface area contributed by atoms with E-state index in [1.54, 1.807) is 0 Å². The number of alkyl halides is 3. The molecular formula is C8H7F4N. The molecule has 0 fully saturated rings. The number of hydrogen-bond donors (Lipinski definition) is 1. The van der Waals surface area contributed by atoms with Gasteiger partial charge >= 0.3 is 6.18 Å². The standard InChI is InChI=1S/C8H7F4N/c1-4-5(9)2-3-6(13)7(4)8(10,11)12/h2-3H,13H2,1H3. The lowest BCUT2D eigenvalue weighted by Gasteiger charge is -2.12. The summed E-state index contributed by atoms with van der Waals surface area (Å²) in [6.45, 7) is 1.05. The van der Waals surface area contributed by atoms with Crippen LogP contribution in [-0.2, 0) is 6.18 Å². The first-order chi connectivity index (χ1) is 5.84. The molecule has 0 saturated carbocycles. The van der Waals surface area contributed by atoms with Gasteiger partial charge in [-0.1, -0.05) is 0 Å². The maximum absolute atomic E-state index is 12.7. The van der Waals surface area contributed by atoms with Gasteiger partial charge in [-0.2, -0.15) is 13.2 Å². The minimum Gasteiger partial charge on any atom is -0.398 e. The second kappa shape index (κ2) is 2.90. The summed E-state index contributed by atoms with van der Waals surface area (Å²) in [4.78, 5) is 0. The molecule has 0 spiro atoms. The van der Waals surface area contributed by atoms with Crippen molar-refractivity contribution in [3.8, 4) is 0 Å². The fourth-order valence-corrected chi connectivity index (χ4v) is 1.08. The lowest BCUT2D eigenvalue weighted by molar-refractivity contribution is -0.137. The molecule has 0 radical (unpaired) electrons. The largest absolute Gasteiger partial charge is 0.418 e. The highest BCUT2D eigenvalue weighted by molar-refractivity contribution is 5.52. The van der Waals surface area contributed by atoms with Crippen molar-refractivity contribution in [1.29, 1.82) is 0 Å². The molecule has 0 amide bonds. The van der Waals surface area contributed by atoms with E-state index in [2.05, 4.69) is 0 Å². The summed E-state index contributed by atoms with van der Waals surface area (Å²) in [6.07, 6.45) is -4.60. The predicted molar refractivity (Wildman–Crippen MR) is 40.6 cm³/mol. The number of anilines is 1. The van der Waals surface area contributed by atoms with E-state index in [1.165, 1.54) is 0 Å². The van der Waals surface area contributed by atoms with E-state index >= 15 is 0 Å². The minimum absolute atomic E-state index is 0.452. The highest BCUT2D eigenvalue weighted by Gasteiger charge is 2.35. The van der Waals surface area contributed by atoms with E-state index < -0.39 is 28.8 Å². The van der Waals surface area contributed by atoms with Gasteiger partial charge in [0.1, 0.15) is 5.82 Å². The van der Waals surface area contributed by atoms with Crippen LogP contribution in [-0.4, -0.2) is 0 Å². The predicted octanol–water partition coefficient (Wildman–Crippen LogP) is 2.74. The van der Waals surface area contributed by atoms with Gasteiger partial charge in [-0.3, -0.25) is 0 Å². The molecule has 0 aliphatic rings. The monoisotopic (exact) mass is 193 g/mol. The van der Waals surface area contributed by atoms with Crippen LogP contribution in [0.4, 0.5) is 23.2 Å². The molecule has 0 saturated heterocycles. The Morgan fingerprint density at radius 2 is 1.77 bits per heavy atom. The Hall–Kier alpha value is -1.26. The molecule has 0 aromatic heterocycles. The first kappa shape index (κ1) is 9.83. The lowest BCUT2D eigenvalue weighted by atomic mass is 10.1. The number of benzene rings is 1. The van der Waals surface area contributed by atoms with E-state index in [1.807, 2.05) is 0 Å². The molecule has 0 heterocycles. The molecule has 1 aromatic carbocycles. The van der Waals surface area contributed by atoms with Crippen molar-refractivity contribution in [1.82, 2.24) is 0 Å². The van der Waals surface area contributed by atoms with Gasteiger partial charge in [0, 0.05) is 5.69 Å². The van der Waals surface area contributed by atoms with Crippen LogP contribution in [0.3, 0.4) is 0 Å². The summed E-state index contributed by atoms with van der Waals surface area (Å²) in [6, 6.07) is 1.82. The van der Waals surface area contributed by atoms with Crippen molar-refractivity contribution in [3.63, 3.8) is 0 Å². The molecule has 1 aromatic rings. The van der Waals surface area contributed by atoms with Crippen LogP contribution in [0.15, 0.2) is 12.1 Å². The topological polar surface area (TPSA) is 26.0 Å². The van der Waals surface area contributed by atoms with Gasteiger partial charge in [0.25, 0.3) is 0 Å². The second-order valence-electron chi connectivity index (χ2n) is 2.63. The summed E-state index contributed by atoms with van der Waals surface area (Å²) in [5, 5.41) is 0. The van der Waals surface area contributed by atoms with E-state index in [0.29, 0.717) is 0 Å². The average molecular weight is 193 g/mol. The van der Waals surface area contributed by atoms with Gasteiger partial charge in [-0.05, 0) is 24.6 Å². The molecule has 2 N–H and O–H groups in total. The first-order valence-corrected chi connectivity index (χ1v) is 3.46. The maximum Gasteiger partial charge on any atom is 0.418 e. The van der Waals surface area contributed by atoms with Gasteiger partial charge in [0.05, 0.1) is 5.56 Å². The fraction of sp³-hybridized carbons (Fsp3) is 0.250. The summed E-state index contributed by atoms with van der Waals surface area (Å²) >= 11 is 0. The van der Waals surface area contributed by atoms with E-state index in [4.69, 9.17) is 5.73 Å². The third-order valence-electron chi connectivity index (χ3n) is 1.71. The quantitative estimate of drug-likeness (QED) is 0.497. The van der Waals surface area contributed by atoms with Crippen LogP contribution in [0.25, 0.3) is 0 Å². The highest BCUT2D eigenvalue weighted by Crippen LogP contribution is 2.36. The molecule has 13 heavy (non-hydrogen) atoms. The summed E-state index contributed by atoms with van der Waals surface area (Å²) in [5.74, 6) is -0.901. The molecule has 1 nitrogen and oxygen atoms in total. The van der Waals surface area contributed by atoms with Gasteiger partial charge in [-0.15, -0.1) is 0 Å². The number of nitrogens with two attached hydrogens (primary N) is 1. The van der Waals surface area contributed by atoms with Crippen LogP contribution < -0.4 is 5.73 Å². The molecular weight excluding hydrogens is 186 g/mol. The van der Waals surface area contributed by atoms with Crippen molar-refractivity contribution < 1.29 is 17.6 Å². The number of rotatable bonds is 0. The van der Waals surface area contributed by atoms with Gasteiger partial charge in [0.15, 0.2) is 0 Å². The average Bonchev–Trinajstić information content (AvgIpc) is 1.95. The Balaban J connectivity index is 3.43. The molecule has 0 bridgehead atoms. The van der Waals surface area contributed by atoms with Crippen LogP contribution in [0.2, 0.25) is 0 Å². The minimum atomic E-state index is -4.60. The molecule has 0 unspecified atom stereocenters. The van der Waals surface area contributed by atoms with E-state index in [-0.39, 0.29) is 0 Å². The van der Waals surface area contributed by atoms with Crippen molar-refractivity contribution in [3.05, 3.63) is 29.1 Å². The SMILES string of the molecule is Cc1c(F)ccc(N)c1C(F)(F)F. The van der Waals surface area contributed by atoms with Crippen LogP contribution >= 0.6 is 0 Å². The van der Waals surface area contributed by atoms with Crippen molar-refractivity contribution >= 4 is 5.69 Å². The van der Waals surface area contributed by atoms with Gasteiger partial charge in [0.2, 0.25) is 0 Å². The number of hydrogen-bond acceptors (Lipinski definition) is 1. The number of halogens is 4. The summed E-state index contributed by atoms with van der Waals surface area (Å²) < 4.78 is 49.5. The lowest BCUT2D eigenvalue weighted by Crippen LogP contribution is -2.12. The third kappa shape index (κ3) is 1.74. The zero-order valence-corrected chi connectivity index (χ0v) is 6.74. The van der Waals surface area contributed by atoms with Gasteiger partial charge in [-0.25, -0.2) is 4.39 Å². The summed E-state index contributed by atoms with van der Waals surface area (Å²) in [5.41, 5.74) is 3.08. The van der Waals surface area contributed by atoms with Gasteiger partial charge < -0.3 is 5.73 Å². The third-order valence-corrected chi connectivity index (χ3v) is 1.71. The molecule has 1 rings (SSSR count). The van der Waals surface area contributed by atoms with Crippen LogP contribution in [0.5, 0.6) is 0 Å². The Kier molecular flexibility index (Phi) is 2.19. The molecule has 0 aliphatic carbocycles. The highest BCUT2D eigenvalue weighted by atomic mass is 19.4. The van der Waals surface area contributed by atoms with E-state index in [0.717, 1.165) is 19.1 Å². The Morgan fingerprint density at radius 1 is 1.23 bits per heavy atom. The molecule has 72 valence electrons. The smallest absolute Gasteiger partial charge is 0.398 e. The Labute approximate surface area is 72.2 Å². The van der Waals surface area contributed by atoms with E-state index in [9.17, 15) is 17.6 Å². The second-order valence-corrected chi connectivity index (χ2v) is 2.63. The van der Waals surface area contributed by atoms with Crippen molar-refractivity contribution in [2.45, 2.75) is 13.1 Å². The molecule has 0 atom stereocenters. The summed E-state index contributed by atoms with van der Waals surface area (Å²) in [7, 11) is 0. The van der Waals surface area contributed by atoms with Crippen molar-refractivity contribution in [2.75, 3.05) is 5.73 Å². The molecule has 5 heteroatoms. The fourth-order valence-electron chi connectivity index (χ4n) is 1.08. The first-order valence-electron chi connectivity index (χ1n) is 3.46. The Bertz CT molecular complexity index is 330. The Morgan fingerprint density at radius 3 is 2.15 bits per heavy atom. The van der Waals surface area contributed by atoms with Crippen LogP contribution in [0.1, 0.15) is 11.1 Å². The zero-order chi connectivity index (χ0) is 10.2. The normalized spacial score (nSPS) is 11.8. The number of nitrogen functional groups attached to an aromatic ring is 1. The van der Waals surface area contributed by atoms with Crippen molar-refractivity contribution in [2.24, 2.45) is 0 Å². The van der Waals surface area contributed by atoms with Crippen LogP contribution in [0, 0.1) is 12.7 Å². The maximum atomic E-state index is 12.7. The zero-order valence-electron chi connectivity index (χ0n) is 6.74.